The minimum Gasteiger partial charge on any atom is -0.247 e. The van der Waals surface area contributed by atoms with E-state index in [4.69, 9.17) is 0 Å². The van der Waals surface area contributed by atoms with E-state index in [0.717, 1.165) is 19.3 Å². The first-order valence-electron chi connectivity index (χ1n) is 5.45. The summed E-state index contributed by atoms with van der Waals surface area (Å²) in [7, 11) is 0. The van der Waals surface area contributed by atoms with E-state index < -0.39 is 5.97 Å². The summed E-state index contributed by atoms with van der Waals surface area (Å²) in [6, 6.07) is 10.3. The number of rotatable bonds is 6. The zero-order chi connectivity index (χ0) is 11.1. The minimum atomic E-state index is -0.942. The van der Waals surface area contributed by atoms with Gasteiger partial charge in [-0.15, -0.1) is 0 Å². The summed E-state index contributed by atoms with van der Waals surface area (Å²) >= 11 is 0. The molecule has 0 saturated heterocycles. The van der Waals surface area contributed by atoms with Crippen LogP contribution in [-0.4, -0.2) is 5.97 Å². The van der Waals surface area contributed by atoms with Crippen molar-refractivity contribution in [3.8, 4) is 0 Å². The molecule has 0 bridgehead atoms. The SMILES string of the molecule is CC(CCCCC([O])=O)c1ccccc1. The van der Waals surface area contributed by atoms with Crippen molar-refractivity contribution in [2.24, 2.45) is 0 Å². The summed E-state index contributed by atoms with van der Waals surface area (Å²) in [4.78, 5) is 10.2. The van der Waals surface area contributed by atoms with Crippen LogP contribution in [0.25, 0.3) is 0 Å². The number of benzene rings is 1. The molecule has 1 unspecified atom stereocenters. The van der Waals surface area contributed by atoms with Gasteiger partial charge in [-0.1, -0.05) is 43.7 Å². The normalized spacial score (nSPS) is 12.3. The second-order valence-electron chi connectivity index (χ2n) is 3.93. The van der Waals surface area contributed by atoms with Gasteiger partial charge in [-0.3, -0.25) is 0 Å². The Balaban J connectivity index is 2.25. The van der Waals surface area contributed by atoms with Crippen molar-refractivity contribution in [2.75, 3.05) is 0 Å². The van der Waals surface area contributed by atoms with Crippen LogP contribution in [0.1, 0.15) is 44.1 Å². The highest BCUT2D eigenvalue weighted by Gasteiger charge is 2.05. The van der Waals surface area contributed by atoms with E-state index in [9.17, 15) is 9.90 Å². The third kappa shape index (κ3) is 4.63. The highest BCUT2D eigenvalue weighted by molar-refractivity contribution is 5.66. The van der Waals surface area contributed by atoms with Gasteiger partial charge in [0.25, 0.3) is 0 Å². The van der Waals surface area contributed by atoms with E-state index in [1.807, 2.05) is 18.2 Å². The molecular formula is C13H17O2. The van der Waals surface area contributed by atoms with Crippen LogP contribution in [0.2, 0.25) is 0 Å². The first-order chi connectivity index (χ1) is 7.20. The van der Waals surface area contributed by atoms with E-state index in [0.29, 0.717) is 5.92 Å². The molecule has 0 aliphatic carbocycles. The molecule has 1 rings (SSSR count). The molecule has 0 aliphatic heterocycles. The van der Waals surface area contributed by atoms with Gasteiger partial charge in [-0.25, -0.2) is 9.90 Å². The Hall–Kier alpha value is -1.31. The van der Waals surface area contributed by atoms with Crippen molar-refractivity contribution >= 4 is 5.97 Å². The Morgan fingerprint density at radius 1 is 1.20 bits per heavy atom. The maximum Gasteiger partial charge on any atom is 0.355 e. The fourth-order valence-electron chi connectivity index (χ4n) is 1.67. The lowest BCUT2D eigenvalue weighted by molar-refractivity contribution is -0.143. The molecule has 0 saturated carbocycles. The summed E-state index contributed by atoms with van der Waals surface area (Å²) in [6.45, 7) is 2.17. The molecule has 0 heterocycles. The molecule has 15 heavy (non-hydrogen) atoms. The summed E-state index contributed by atoms with van der Waals surface area (Å²) in [5.41, 5.74) is 1.32. The highest BCUT2D eigenvalue weighted by Crippen LogP contribution is 2.21. The van der Waals surface area contributed by atoms with Crippen molar-refractivity contribution in [1.82, 2.24) is 0 Å². The van der Waals surface area contributed by atoms with E-state index in [1.165, 1.54) is 5.56 Å². The molecule has 0 N–H and O–H groups in total. The van der Waals surface area contributed by atoms with Crippen LogP contribution in [0.15, 0.2) is 30.3 Å². The third-order valence-electron chi connectivity index (χ3n) is 2.64. The molecule has 81 valence electrons. The van der Waals surface area contributed by atoms with Gasteiger partial charge >= 0.3 is 5.97 Å². The molecule has 2 heteroatoms. The monoisotopic (exact) mass is 205 g/mol. The zero-order valence-corrected chi connectivity index (χ0v) is 9.11. The summed E-state index contributed by atoms with van der Waals surface area (Å²) < 4.78 is 0. The maximum absolute atomic E-state index is 10.2. The fourth-order valence-corrected chi connectivity index (χ4v) is 1.67. The second kappa shape index (κ2) is 6.23. The molecule has 0 spiro atoms. The molecule has 1 aromatic carbocycles. The number of carbonyl (C=O) groups excluding carboxylic acids is 1. The predicted molar refractivity (Wildman–Crippen MR) is 59.0 cm³/mol. The maximum atomic E-state index is 10.2. The van der Waals surface area contributed by atoms with E-state index in [1.54, 1.807) is 0 Å². The van der Waals surface area contributed by atoms with Crippen LogP contribution >= 0.6 is 0 Å². The molecule has 0 aromatic heterocycles. The Bertz CT molecular complexity index is 293. The van der Waals surface area contributed by atoms with Crippen LogP contribution in [0, 0.1) is 0 Å². The lowest BCUT2D eigenvalue weighted by Gasteiger charge is -2.10. The average molecular weight is 205 g/mol. The van der Waals surface area contributed by atoms with Crippen molar-refractivity contribution in [1.29, 1.82) is 0 Å². The van der Waals surface area contributed by atoms with Crippen molar-refractivity contribution in [3.63, 3.8) is 0 Å². The van der Waals surface area contributed by atoms with Crippen LogP contribution in [-0.2, 0) is 9.90 Å². The van der Waals surface area contributed by atoms with Crippen LogP contribution in [0.3, 0.4) is 0 Å². The number of hydrogen-bond acceptors (Lipinski definition) is 1. The van der Waals surface area contributed by atoms with Crippen LogP contribution < -0.4 is 0 Å². The summed E-state index contributed by atoms with van der Waals surface area (Å²) in [5, 5.41) is 10.2. The topological polar surface area (TPSA) is 37.0 Å². The Morgan fingerprint density at radius 3 is 2.47 bits per heavy atom. The van der Waals surface area contributed by atoms with E-state index in [-0.39, 0.29) is 6.42 Å². The minimum absolute atomic E-state index is 0.182. The molecule has 0 aliphatic rings. The number of hydrogen-bond donors (Lipinski definition) is 0. The van der Waals surface area contributed by atoms with E-state index in [2.05, 4.69) is 19.1 Å². The lowest BCUT2D eigenvalue weighted by Crippen LogP contribution is -1.95. The Kier molecular flexibility index (Phi) is 4.88. The van der Waals surface area contributed by atoms with Gasteiger partial charge in [0.05, 0.1) is 6.42 Å². The van der Waals surface area contributed by atoms with Crippen molar-refractivity contribution in [2.45, 2.75) is 38.5 Å². The van der Waals surface area contributed by atoms with Crippen molar-refractivity contribution < 1.29 is 9.90 Å². The summed E-state index contributed by atoms with van der Waals surface area (Å²) in [6.07, 6.45) is 2.89. The molecule has 1 radical (unpaired) electrons. The lowest BCUT2D eigenvalue weighted by atomic mass is 9.95. The first-order valence-corrected chi connectivity index (χ1v) is 5.45. The molecule has 1 atom stereocenters. The van der Waals surface area contributed by atoms with Gasteiger partial charge in [0, 0.05) is 0 Å². The molecule has 1 aromatic rings. The van der Waals surface area contributed by atoms with Gasteiger partial charge in [0.2, 0.25) is 0 Å². The predicted octanol–water partition coefficient (Wildman–Crippen LogP) is 3.31. The fraction of sp³-hybridized carbons (Fsp3) is 0.462. The van der Waals surface area contributed by atoms with Crippen LogP contribution in [0.4, 0.5) is 0 Å². The van der Waals surface area contributed by atoms with Gasteiger partial charge in [0.15, 0.2) is 0 Å². The smallest absolute Gasteiger partial charge is 0.247 e. The average Bonchev–Trinajstić information content (AvgIpc) is 2.25. The van der Waals surface area contributed by atoms with Gasteiger partial charge in [-0.05, 0) is 24.3 Å². The molecule has 2 nitrogen and oxygen atoms in total. The Labute approximate surface area is 90.9 Å². The largest absolute Gasteiger partial charge is 0.355 e. The molecule has 0 amide bonds. The zero-order valence-electron chi connectivity index (χ0n) is 9.11. The molecule has 0 fully saturated rings. The van der Waals surface area contributed by atoms with Gasteiger partial charge in [0.1, 0.15) is 0 Å². The standard InChI is InChI=1S/C13H17O2/c1-11(7-5-6-10-13(14)15)12-8-3-2-4-9-12/h2-4,8-9,11H,5-7,10H2,1H3. The van der Waals surface area contributed by atoms with Gasteiger partial charge in [-0.2, -0.15) is 0 Å². The highest BCUT2D eigenvalue weighted by atomic mass is 16.4. The second-order valence-corrected chi connectivity index (χ2v) is 3.93. The first kappa shape index (κ1) is 11.8. The quantitative estimate of drug-likeness (QED) is 0.656. The van der Waals surface area contributed by atoms with Crippen molar-refractivity contribution in [3.05, 3.63) is 35.9 Å². The Morgan fingerprint density at radius 2 is 1.87 bits per heavy atom. The summed E-state index contributed by atoms with van der Waals surface area (Å²) in [5.74, 6) is -0.435. The molecular weight excluding hydrogens is 188 g/mol. The van der Waals surface area contributed by atoms with E-state index >= 15 is 0 Å². The van der Waals surface area contributed by atoms with Crippen LogP contribution in [0.5, 0.6) is 0 Å². The third-order valence-corrected chi connectivity index (χ3v) is 2.64. The van der Waals surface area contributed by atoms with Gasteiger partial charge < -0.3 is 0 Å². The number of carbonyl (C=O) groups is 1. The number of unbranched alkanes of at least 4 members (excludes halogenated alkanes) is 1.